The van der Waals surface area contributed by atoms with Crippen LogP contribution in [-0.4, -0.2) is 41.6 Å². The maximum Gasteiger partial charge on any atom is 0.173 e. The molecule has 1 unspecified atom stereocenters. The third kappa shape index (κ3) is 3.34. The smallest absolute Gasteiger partial charge is 0.173 e. The summed E-state index contributed by atoms with van der Waals surface area (Å²) in [5.41, 5.74) is 9.17. The fraction of sp³-hybridized carbons (Fsp3) is 0.300. The Kier molecular flexibility index (Phi) is 5.18. The molecule has 0 amide bonds. The van der Waals surface area contributed by atoms with E-state index in [0.717, 1.165) is 22.5 Å². The zero-order valence-corrected chi connectivity index (χ0v) is 17.2. The Labute approximate surface area is 174 Å². The molecule has 1 aliphatic heterocycles. The van der Waals surface area contributed by atoms with Crippen LogP contribution in [0.5, 0.6) is 0 Å². The Bertz CT molecular complexity index is 1020. The van der Waals surface area contributed by atoms with Crippen LogP contribution in [0.4, 0.5) is 11.5 Å². The molecule has 29 heavy (non-hydrogen) atoms. The quantitative estimate of drug-likeness (QED) is 0.533. The van der Waals surface area contributed by atoms with Crippen LogP contribution in [0, 0.1) is 6.92 Å². The van der Waals surface area contributed by atoms with Gasteiger partial charge in [-0.1, -0.05) is 23.7 Å². The number of ether oxygens (including phenoxy) is 2. The normalized spacial score (nSPS) is 17.6. The number of nitrogens with one attached hydrogen (secondary N) is 2. The Balaban J connectivity index is 1.74. The summed E-state index contributed by atoms with van der Waals surface area (Å²) in [5, 5.41) is 7.23. The van der Waals surface area contributed by atoms with Gasteiger partial charge in [-0.25, -0.2) is 9.97 Å². The van der Waals surface area contributed by atoms with E-state index in [1.807, 2.05) is 41.8 Å². The van der Waals surface area contributed by atoms with Crippen LogP contribution in [0.1, 0.15) is 16.8 Å². The van der Waals surface area contributed by atoms with Crippen molar-refractivity contribution in [2.45, 2.75) is 18.9 Å². The van der Waals surface area contributed by atoms with Crippen molar-refractivity contribution >= 4 is 23.1 Å². The van der Waals surface area contributed by atoms with E-state index in [-0.39, 0.29) is 6.29 Å². The first kappa shape index (κ1) is 19.7. The van der Waals surface area contributed by atoms with Gasteiger partial charge in [0.15, 0.2) is 17.8 Å². The summed E-state index contributed by atoms with van der Waals surface area (Å²) in [5.74, 6) is 1.38. The van der Waals surface area contributed by atoms with Crippen molar-refractivity contribution in [3.05, 3.63) is 64.7 Å². The first-order valence-corrected chi connectivity index (χ1v) is 9.52. The number of imidazole rings is 1. The number of anilines is 2. The highest BCUT2D eigenvalue weighted by atomic mass is 35.5. The zero-order valence-electron chi connectivity index (χ0n) is 16.4. The van der Waals surface area contributed by atoms with Gasteiger partial charge in [-0.2, -0.15) is 0 Å². The minimum Gasteiger partial charge on any atom is -0.365 e. The molecule has 4 N–H and O–H groups in total. The van der Waals surface area contributed by atoms with Gasteiger partial charge in [0.25, 0.3) is 0 Å². The van der Waals surface area contributed by atoms with Crippen LogP contribution in [0.2, 0.25) is 5.02 Å². The molecule has 0 saturated carbocycles. The standard InChI is InChI=1S/C20H23ClN6O2/c1-12-5-4-6-13(21)18(12)20(22)15-9-23-11-27(15)19-14(26-20)7-8-16(25-19)24-10-17(28-2)29-3/h4-9,11,17,26H,10,22H2,1-3H3,(H,24,25). The van der Waals surface area contributed by atoms with E-state index < -0.39 is 5.66 Å². The van der Waals surface area contributed by atoms with Crippen LogP contribution < -0.4 is 16.4 Å². The number of nitrogens with two attached hydrogens (primary N) is 1. The minimum atomic E-state index is -1.04. The second-order valence-electron chi connectivity index (χ2n) is 6.86. The van der Waals surface area contributed by atoms with E-state index in [4.69, 9.17) is 31.8 Å². The number of methoxy groups -OCH3 is 2. The predicted molar refractivity (Wildman–Crippen MR) is 112 cm³/mol. The summed E-state index contributed by atoms with van der Waals surface area (Å²) in [7, 11) is 3.19. The highest BCUT2D eigenvalue weighted by Crippen LogP contribution is 2.41. The number of pyridine rings is 1. The topological polar surface area (TPSA) is 99.2 Å². The van der Waals surface area contributed by atoms with Crippen LogP contribution in [0.3, 0.4) is 0 Å². The van der Waals surface area contributed by atoms with Crippen molar-refractivity contribution in [1.29, 1.82) is 0 Å². The highest BCUT2D eigenvalue weighted by molar-refractivity contribution is 6.31. The Morgan fingerprint density at radius 2 is 2.07 bits per heavy atom. The molecule has 8 nitrogen and oxygen atoms in total. The van der Waals surface area contributed by atoms with Crippen molar-refractivity contribution in [2.24, 2.45) is 5.73 Å². The molecule has 9 heteroatoms. The molecule has 1 aromatic carbocycles. The number of rotatable bonds is 6. The second kappa shape index (κ2) is 7.64. The second-order valence-corrected chi connectivity index (χ2v) is 7.27. The van der Waals surface area contributed by atoms with Gasteiger partial charge in [0.2, 0.25) is 0 Å². The molecule has 0 spiro atoms. The predicted octanol–water partition coefficient (Wildman–Crippen LogP) is 2.85. The molecule has 3 aromatic rings. The highest BCUT2D eigenvalue weighted by Gasteiger charge is 2.40. The molecule has 2 aromatic heterocycles. The Hall–Kier alpha value is -2.65. The lowest BCUT2D eigenvalue weighted by Crippen LogP contribution is -2.50. The van der Waals surface area contributed by atoms with Crippen molar-refractivity contribution in [2.75, 3.05) is 31.4 Å². The summed E-state index contributed by atoms with van der Waals surface area (Å²) in [4.78, 5) is 9.03. The summed E-state index contributed by atoms with van der Waals surface area (Å²) >= 11 is 6.54. The van der Waals surface area contributed by atoms with Crippen LogP contribution in [0.25, 0.3) is 5.82 Å². The van der Waals surface area contributed by atoms with Gasteiger partial charge in [-0.3, -0.25) is 10.3 Å². The van der Waals surface area contributed by atoms with E-state index in [9.17, 15) is 0 Å². The van der Waals surface area contributed by atoms with Crippen LogP contribution >= 0.6 is 11.6 Å². The van der Waals surface area contributed by atoms with E-state index >= 15 is 0 Å². The molecule has 0 aliphatic carbocycles. The average molecular weight is 415 g/mol. The maximum absolute atomic E-state index is 6.89. The molecule has 3 heterocycles. The molecule has 4 rings (SSSR count). The number of aryl methyl sites for hydroxylation is 1. The number of nitrogens with zero attached hydrogens (tertiary/aromatic N) is 3. The van der Waals surface area contributed by atoms with Crippen molar-refractivity contribution < 1.29 is 9.47 Å². The summed E-state index contributed by atoms with van der Waals surface area (Å²) in [6.45, 7) is 2.45. The summed E-state index contributed by atoms with van der Waals surface area (Å²) < 4.78 is 12.3. The molecular formula is C20H23ClN6O2. The number of halogens is 1. The molecule has 0 bridgehead atoms. The van der Waals surface area contributed by atoms with Gasteiger partial charge in [0, 0.05) is 24.8 Å². The number of fused-ring (bicyclic) bond motifs is 3. The largest absolute Gasteiger partial charge is 0.365 e. The van der Waals surface area contributed by atoms with Gasteiger partial charge >= 0.3 is 0 Å². The van der Waals surface area contributed by atoms with Crippen LogP contribution in [0.15, 0.2) is 42.9 Å². The van der Waals surface area contributed by atoms with Gasteiger partial charge in [0.05, 0.1) is 24.1 Å². The minimum absolute atomic E-state index is 0.366. The lowest BCUT2D eigenvalue weighted by molar-refractivity contribution is -0.0914. The zero-order chi connectivity index (χ0) is 20.6. The van der Waals surface area contributed by atoms with Gasteiger partial charge in [-0.15, -0.1) is 0 Å². The Morgan fingerprint density at radius 3 is 2.79 bits per heavy atom. The number of hydrogen-bond donors (Lipinski definition) is 3. The van der Waals surface area contributed by atoms with E-state index in [1.165, 1.54) is 0 Å². The first-order chi connectivity index (χ1) is 14.0. The van der Waals surface area contributed by atoms with E-state index in [1.54, 1.807) is 26.7 Å². The molecule has 1 aliphatic rings. The Morgan fingerprint density at radius 1 is 1.28 bits per heavy atom. The van der Waals surface area contributed by atoms with Crippen molar-refractivity contribution in [3.63, 3.8) is 0 Å². The molecule has 0 fully saturated rings. The summed E-state index contributed by atoms with van der Waals surface area (Å²) in [6, 6.07) is 9.53. The molecule has 1 atom stereocenters. The third-order valence-electron chi connectivity index (χ3n) is 5.07. The lowest BCUT2D eigenvalue weighted by atomic mass is 9.91. The van der Waals surface area contributed by atoms with E-state index in [2.05, 4.69) is 15.6 Å². The van der Waals surface area contributed by atoms with Crippen molar-refractivity contribution in [3.8, 4) is 5.82 Å². The fourth-order valence-corrected chi connectivity index (χ4v) is 4.00. The number of benzene rings is 1. The molecular weight excluding hydrogens is 392 g/mol. The number of aromatic nitrogens is 3. The fourth-order valence-electron chi connectivity index (χ4n) is 3.63. The average Bonchev–Trinajstić information content (AvgIpc) is 3.20. The molecule has 152 valence electrons. The van der Waals surface area contributed by atoms with Crippen molar-refractivity contribution in [1.82, 2.24) is 14.5 Å². The summed E-state index contributed by atoms with van der Waals surface area (Å²) in [6.07, 6.45) is 3.06. The number of hydrogen-bond acceptors (Lipinski definition) is 7. The molecule has 0 saturated heterocycles. The van der Waals surface area contributed by atoms with Crippen LogP contribution in [-0.2, 0) is 15.1 Å². The first-order valence-electron chi connectivity index (χ1n) is 9.14. The van der Waals surface area contributed by atoms with Gasteiger partial charge in [-0.05, 0) is 30.7 Å². The SMILES string of the molecule is COC(CNc1ccc2c(n1)-n1cncc1C(N)(c1c(C)cccc1Cl)N2)OC. The van der Waals surface area contributed by atoms with Gasteiger partial charge in [0.1, 0.15) is 12.1 Å². The third-order valence-corrected chi connectivity index (χ3v) is 5.38. The van der Waals surface area contributed by atoms with Gasteiger partial charge < -0.3 is 20.1 Å². The van der Waals surface area contributed by atoms with E-state index in [0.29, 0.717) is 23.2 Å². The maximum atomic E-state index is 6.89. The molecule has 0 radical (unpaired) electrons. The lowest BCUT2D eigenvalue weighted by Gasteiger charge is -2.38. The monoisotopic (exact) mass is 414 g/mol.